The van der Waals surface area contributed by atoms with Crippen LogP contribution in [0.1, 0.15) is 36.8 Å². The first kappa shape index (κ1) is 18.7. The van der Waals surface area contributed by atoms with E-state index in [1.165, 1.54) is 16.2 Å². The van der Waals surface area contributed by atoms with Gasteiger partial charge in [0.1, 0.15) is 6.04 Å². The molecule has 4 nitrogen and oxygen atoms in total. The number of nitrogens with zero attached hydrogens (tertiary/aromatic N) is 1. The number of carbonyl (C=O) groups is 2. The third kappa shape index (κ3) is 3.29. The predicted molar refractivity (Wildman–Crippen MR) is 105 cm³/mol. The molecule has 1 aliphatic rings. The van der Waals surface area contributed by atoms with Crippen LogP contribution in [0.2, 0.25) is 5.02 Å². The van der Waals surface area contributed by atoms with E-state index in [1.54, 1.807) is 24.3 Å². The highest BCUT2D eigenvalue weighted by molar-refractivity contribution is 7.10. The van der Waals surface area contributed by atoms with Crippen molar-refractivity contribution in [3.05, 3.63) is 62.5 Å². The van der Waals surface area contributed by atoms with Crippen molar-refractivity contribution >= 4 is 40.3 Å². The second-order valence-electron chi connectivity index (χ2n) is 6.81. The quantitative estimate of drug-likeness (QED) is 0.762. The van der Waals surface area contributed by atoms with Crippen LogP contribution in [0.3, 0.4) is 0 Å². The average molecular weight is 390 g/mol. The third-order valence-corrected chi connectivity index (χ3v) is 5.65. The molecule has 6 heteroatoms. The number of aliphatic hydroxyl groups excluding tert-OH is 1. The summed E-state index contributed by atoms with van der Waals surface area (Å²) >= 11 is 7.57. The highest BCUT2D eigenvalue weighted by Crippen LogP contribution is 2.44. The van der Waals surface area contributed by atoms with E-state index in [-0.39, 0.29) is 23.7 Å². The first-order valence-electron chi connectivity index (χ1n) is 8.40. The summed E-state index contributed by atoms with van der Waals surface area (Å²) in [6.07, 6.45) is 0.275. The minimum Gasteiger partial charge on any atom is -0.503 e. The van der Waals surface area contributed by atoms with Crippen molar-refractivity contribution in [3.8, 4) is 0 Å². The van der Waals surface area contributed by atoms with Crippen LogP contribution in [0.5, 0.6) is 0 Å². The van der Waals surface area contributed by atoms with Gasteiger partial charge in [0.05, 0.1) is 5.57 Å². The van der Waals surface area contributed by atoms with E-state index in [9.17, 15) is 14.7 Å². The number of ketones is 1. The van der Waals surface area contributed by atoms with Crippen LogP contribution in [0.25, 0.3) is 0 Å². The molecule has 0 radical (unpaired) electrons. The topological polar surface area (TPSA) is 57.6 Å². The maximum atomic E-state index is 12.9. The van der Waals surface area contributed by atoms with Crippen molar-refractivity contribution in [1.82, 2.24) is 0 Å². The molecule has 1 unspecified atom stereocenters. The molecule has 0 aliphatic carbocycles. The molecule has 1 aromatic carbocycles. The molecule has 1 amide bonds. The molecular weight excluding hydrogens is 370 g/mol. The smallest absolute Gasteiger partial charge is 0.294 e. The number of hydrogen-bond acceptors (Lipinski definition) is 4. The first-order valence-corrected chi connectivity index (χ1v) is 9.66. The summed E-state index contributed by atoms with van der Waals surface area (Å²) in [5.74, 6) is -1.11. The maximum absolute atomic E-state index is 12.9. The zero-order valence-corrected chi connectivity index (χ0v) is 16.4. The van der Waals surface area contributed by atoms with Crippen molar-refractivity contribution in [2.45, 2.75) is 33.2 Å². The van der Waals surface area contributed by atoms with Crippen molar-refractivity contribution in [1.29, 1.82) is 0 Å². The highest BCUT2D eigenvalue weighted by atomic mass is 35.5. The number of anilines is 1. The largest absolute Gasteiger partial charge is 0.503 e. The lowest BCUT2D eigenvalue weighted by atomic mass is 9.94. The summed E-state index contributed by atoms with van der Waals surface area (Å²) in [6, 6.07) is 8.19. The Morgan fingerprint density at radius 1 is 1.35 bits per heavy atom. The summed E-state index contributed by atoms with van der Waals surface area (Å²) in [5, 5.41) is 12.9. The molecule has 0 bridgehead atoms. The second kappa shape index (κ2) is 7.25. The van der Waals surface area contributed by atoms with Crippen molar-refractivity contribution < 1.29 is 14.7 Å². The summed E-state index contributed by atoms with van der Waals surface area (Å²) < 4.78 is 0. The second-order valence-corrected chi connectivity index (χ2v) is 8.19. The van der Waals surface area contributed by atoms with Crippen LogP contribution in [-0.2, 0) is 9.59 Å². The Morgan fingerprint density at radius 2 is 2.08 bits per heavy atom. The number of thiophene rings is 1. The van der Waals surface area contributed by atoms with Crippen LogP contribution >= 0.6 is 22.9 Å². The van der Waals surface area contributed by atoms with E-state index in [0.717, 1.165) is 10.4 Å². The molecule has 26 heavy (non-hydrogen) atoms. The van der Waals surface area contributed by atoms with Gasteiger partial charge in [0.2, 0.25) is 0 Å². The first-order chi connectivity index (χ1) is 12.3. The third-order valence-electron chi connectivity index (χ3n) is 4.34. The lowest BCUT2D eigenvalue weighted by Gasteiger charge is -2.26. The highest BCUT2D eigenvalue weighted by Gasteiger charge is 2.45. The fourth-order valence-corrected chi connectivity index (χ4v) is 4.39. The maximum Gasteiger partial charge on any atom is 0.294 e. The monoisotopic (exact) mass is 389 g/mol. The Labute approximate surface area is 161 Å². The minimum atomic E-state index is -0.632. The van der Waals surface area contributed by atoms with Gasteiger partial charge in [-0.2, -0.15) is 0 Å². The number of carbonyl (C=O) groups excluding carboxylic acids is 2. The van der Waals surface area contributed by atoms with E-state index in [0.29, 0.717) is 10.7 Å². The van der Waals surface area contributed by atoms with E-state index in [2.05, 4.69) is 0 Å². The molecule has 2 heterocycles. The Kier molecular flexibility index (Phi) is 5.21. The van der Waals surface area contributed by atoms with Crippen molar-refractivity contribution in [2.24, 2.45) is 5.92 Å². The summed E-state index contributed by atoms with van der Waals surface area (Å²) in [5.41, 5.74) is 1.71. The number of halogens is 1. The zero-order valence-electron chi connectivity index (χ0n) is 14.8. The Morgan fingerprint density at radius 3 is 2.65 bits per heavy atom. The lowest BCUT2D eigenvalue weighted by molar-refractivity contribution is -0.118. The van der Waals surface area contributed by atoms with Gasteiger partial charge in [0.15, 0.2) is 11.5 Å². The van der Waals surface area contributed by atoms with E-state index in [4.69, 9.17) is 11.6 Å². The SMILES string of the molecule is Cc1ccsc1C1C(C(=O)CC(C)C)=C(O)C(=O)N1c1cccc(Cl)c1. The van der Waals surface area contributed by atoms with Gasteiger partial charge in [0.25, 0.3) is 5.91 Å². The molecule has 136 valence electrons. The number of amides is 1. The van der Waals surface area contributed by atoms with Gasteiger partial charge in [-0.05, 0) is 48.1 Å². The molecule has 0 fully saturated rings. The van der Waals surface area contributed by atoms with E-state index < -0.39 is 17.7 Å². The minimum absolute atomic E-state index is 0.128. The lowest BCUT2D eigenvalue weighted by Crippen LogP contribution is -2.31. The number of rotatable bonds is 5. The standard InChI is InChI=1S/C20H20ClNO3S/c1-11(2)9-15(23)16-17(19-12(3)7-8-26-19)22(20(25)18(16)24)14-6-4-5-13(21)10-14/h4-8,10-11,17,24H,9H2,1-3H3. The zero-order chi connectivity index (χ0) is 19.0. The molecule has 0 saturated carbocycles. The van der Waals surface area contributed by atoms with Crippen molar-refractivity contribution in [2.75, 3.05) is 4.90 Å². The van der Waals surface area contributed by atoms with Gasteiger partial charge < -0.3 is 5.11 Å². The van der Waals surface area contributed by atoms with Crippen LogP contribution in [-0.4, -0.2) is 16.8 Å². The average Bonchev–Trinajstić information content (AvgIpc) is 3.08. The number of hydrogen-bond donors (Lipinski definition) is 1. The molecule has 0 spiro atoms. The molecule has 0 saturated heterocycles. The van der Waals surface area contributed by atoms with Crippen LogP contribution in [0, 0.1) is 12.8 Å². The molecule has 2 aromatic rings. The van der Waals surface area contributed by atoms with Gasteiger partial charge in [0, 0.05) is 22.0 Å². The van der Waals surface area contributed by atoms with Gasteiger partial charge in [-0.3, -0.25) is 14.5 Å². The normalized spacial score (nSPS) is 17.5. The number of Topliss-reactive ketones (excluding diaryl/α,β-unsaturated/α-hetero) is 1. The molecule has 1 aromatic heterocycles. The van der Waals surface area contributed by atoms with Gasteiger partial charge >= 0.3 is 0 Å². The van der Waals surface area contributed by atoms with Gasteiger partial charge in [-0.15, -0.1) is 11.3 Å². The van der Waals surface area contributed by atoms with Crippen molar-refractivity contribution in [3.63, 3.8) is 0 Å². The van der Waals surface area contributed by atoms with Gasteiger partial charge in [-0.1, -0.05) is 31.5 Å². The van der Waals surface area contributed by atoms with Crippen LogP contribution in [0.4, 0.5) is 5.69 Å². The fraction of sp³-hybridized carbons (Fsp3) is 0.300. The molecule has 1 N–H and O–H groups in total. The number of aryl methyl sites for hydroxylation is 1. The molecule has 1 atom stereocenters. The predicted octanol–water partition coefficient (Wildman–Crippen LogP) is 5.23. The Bertz CT molecular complexity index is 900. The molecule has 3 rings (SSSR count). The number of aliphatic hydroxyl groups is 1. The Balaban J connectivity index is 2.16. The summed E-state index contributed by atoms with van der Waals surface area (Å²) in [4.78, 5) is 28.1. The van der Waals surface area contributed by atoms with E-state index in [1.807, 2.05) is 32.2 Å². The van der Waals surface area contributed by atoms with Gasteiger partial charge in [-0.25, -0.2) is 0 Å². The summed E-state index contributed by atoms with van der Waals surface area (Å²) in [6.45, 7) is 5.81. The van der Waals surface area contributed by atoms with E-state index >= 15 is 0 Å². The Hall–Kier alpha value is -2.11. The van der Waals surface area contributed by atoms with Crippen LogP contribution in [0.15, 0.2) is 47.0 Å². The molecule has 1 aliphatic heterocycles. The molecular formula is C20H20ClNO3S. The van der Waals surface area contributed by atoms with Crippen LogP contribution < -0.4 is 4.90 Å². The summed E-state index contributed by atoms with van der Waals surface area (Å²) in [7, 11) is 0. The fourth-order valence-electron chi connectivity index (χ4n) is 3.18. The number of benzene rings is 1.